The summed E-state index contributed by atoms with van der Waals surface area (Å²) in [6, 6.07) is 0. The van der Waals surface area contributed by atoms with E-state index in [1.165, 1.54) is 0 Å². The lowest BCUT2D eigenvalue weighted by Gasteiger charge is -1.91. The summed E-state index contributed by atoms with van der Waals surface area (Å²) in [5, 5.41) is 0. The van der Waals surface area contributed by atoms with Crippen LogP contribution < -0.4 is 0 Å². The normalized spacial score (nSPS) is 11.2. The third kappa shape index (κ3) is 3.96. The quantitative estimate of drug-likeness (QED) is 0.456. The van der Waals surface area contributed by atoms with E-state index in [9.17, 15) is 0 Å². The van der Waals surface area contributed by atoms with Crippen molar-refractivity contribution in [1.29, 1.82) is 0 Å². The van der Waals surface area contributed by atoms with Crippen LogP contribution in [-0.4, -0.2) is 9.52 Å². The SMILES string of the molecule is C=C[SiH2]C(C)C. The molecule has 0 N–H and O–H groups in total. The minimum atomic E-state index is 0.120. The Balaban J connectivity index is 2.81. The molecule has 6 heavy (non-hydrogen) atoms. The highest BCUT2D eigenvalue weighted by Gasteiger charge is 1.84. The minimum Gasteiger partial charge on any atom is -0.108 e. The predicted octanol–water partition coefficient (Wildman–Crippen LogP) is 1.13. The van der Waals surface area contributed by atoms with Crippen molar-refractivity contribution in [1.82, 2.24) is 0 Å². The molecule has 0 radical (unpaired) electrons. The topological polar surface area (TPSA) is 0 Å². The van der Waals surface area contributed by atoms with Crippen molar-refractivity contribution in [3.63, 3.8) is 0 Å². The fourth-order valence-electron chi connectivity index (χ4n) is 0.333. The molecule has 0 saturated heterocycles. The number of hydrogen-bond acceptors (Lipinski definition) is 0. The largest absolute Gasteiger partial charge is 0.108 e. The Morgan fingerprint density at radius 2 is 2.17 bits per heavy atom. The molecule has 1 heteroatoms. The van der Waals surface area contributed by atoms with Gasteiger partial charge in [0.2, 0.25) is 0 Å². The van der Waals surface area contributed by atoms with E-state index in [1.807, 2.05) is 0 Å². The van der Waals surface area contributed by atoms with Gasteiger partial charge in [-0.25, -0.2) is 0 Å². The minimum absolute atomic E-state index is 0.120. The Bertz CT molecular complexity index is 39.2. The second-order valence-electron chi connectivity index (χ2n) is 1.92. The molecule has 0 aromatic carbocycles. The van der Waals surface area contributed by atoms with E-state index in [2.05, 4.69) is 26.1 Å². The molecular formula is C5H12Si. The van der Waals surface area contributed by atoms with Gasteiger partial charge in [-0.15, -0.1) is 12.3 Å². The maximum absolute atomic E-state index is 3.66. The maximum atomic E-state index is 3.66. The smallest absolute Gasteiger partial charge is 0.0471 e. The van der Waals surface area contributed by atoms with Crippen molar-refractivity contribution < 1.29 is 0 Å². The lowest BCUT2D eigenvalue weighted by atomic mass is 10.6. The van der Waals surface area contributed by atoms with E-state index in [-0.39, 0.29) is 9.52 Å². The van der Waals surface area contributed by atoms with E-state index in [0.29, 0.717) is 0 Å². The molecule has 0 atom stereocenters. The molecule has 0 saturated carbocycles. The summed E-state index contributed by atoms with van der Waals surface area (Å²) in [4.78, 5) is 0. The highest BCUT2D eigenvalue weighted by atomic mass is 28.2. The Kier molecular flexibility index (Phi) is 3.14. The fourth-order valence-corrected chi connectivity index (χ4v) is 1.00. The lowest BCUT2D eigenvalue weighted by Crippen LogP contribution is -1.86. The molecule has 0 aromatic rings. The molecule has 36 valence electrons. The highest BCUT2D eigenvalue weighted by molar-refractivity contribution is 6.43. The molecule has 0 fully saturated rings. The first-order valence-electron chi connectivity index (χ1n) is 2.38. The van der Waals surface area contributed by atoms with E-state index in [1.54, 1.807) is 0 Å². The molecule has 0 aliphatic heterocycles. The zero-order valence-corrected chi connectivity index (χ0v) is 5.98. The van der Waals surface area contributed by atoms with Crippen molar-refractivity contribution in [3.8, 4) is 0 Å². The molecule has 0 spiro atoms. The van der Waals surface area contributed by atoms with Crippen molar-refractivity contribution in [2.24, 2.45) is 0 Å². The molecule has 0 heterocycles. The van der Waals surface area contributed by atoms with E-state index in [0.717, 1.165) is 5.54 Å². The van der Waals surface area contributed by atoms with Gasteiger partial charge in [0, 0.05) is 9.52 Å². The van der Waals surface area contributed by atoms with Gasteiger partial charge in [0.25, 0.3) is 0 Å². The molecule has 0 aliphatic carbocycles. The van der Waals surface area contributed by atoms with Gasteiger partial charge in [0.15, 0.2) is 0 Å². The summed E-state index contributed by atoms with van der Waals surface area (Å²) in [5.41, 5.74) is 3.01. The standard InChI is InChI=1S/C5H12Si/c1-4-6-5(2)3/h4-5H,1,6H2,2-3H3. The van der Waals surface area contributed by atoms with Crippen LogP contribution in [-0.2, 0) is 0 Å². The monoisotopic (exact) mass is 100 g/mol. The first-order valence-corrected chi connectivity index (χ1v) is 4.01. The van der Waals surface area contributed by atoms with Crippen LogP contribution in [0.25, 0.3) is 0 Å². The average molecular weight is 100 g/mol. The molecule has 0 aliphatic rings. The van der Waals surface area contributed by atoms with Crippen molar-refractivity contribution >= 4 is 9.52 Å². The van der Waals surface area contributed by atoms with Crippen molar-refractivity contribution in [3.05, 3.63) is 12.3 Å². The van der Waals surface area contributed by atoms with Gasteiger partial charge in [0.05, 0.1) is 0 Å². The second kappa shape index (κ2) is 3.16. The van der Waals surface area contributed by atoms with E-state index >= 15 is 0 Å². The molecule has 0 bridgehead atoms. The van der Waals surface area contributed by atoms with Crippen LogP contribution in [0.4, 0.5) is 0 Å². The Morgan fingerprint density at radius 1 is 1.67 bits per heavy atom. The summed E-state index contributed by atoms with van der Waals surface area (Å²) in [7, 11) is 0.120. The van der Waals surface area contributed by atoms with Crippen molar-refractivity contribution in [2.45, 2.75) is 19.4 Å². The van der Waals surface area contributed by atoms with Gasteiger partial charge in [0.1, 0.15) is 0 Å². The molecule has 0 rings (SSSR count). The fraction of sp³-hybridized carbons (Fsp3) is 0.600. The summed E-state index contributed by atoms with van der Waals surface area (Å²) in [5.74, 6) is 0. The van der Waals surface area contributed by atoms with E-state index < -0.39 is 0 Å². The van der Waals surface area contributed by atoms with Crippen LogP contribution >= 0.6 is 0 Å². The van der Waals surface area contributed by atoms with Gasteiger partial charge in [-0.05, 0) is 0 Å². The first kappa shape index (κ1) is 5.96. The highest BCUT2D eigenvalue weighted by Crippen LogP contribution is 1.94. The van der Waals surface area contributed by atoms with Gasteiger partial charge in [-0.3, -0.25) is 0 Å². The summed E-state index contributed by atoms with van der Waals surface area (Å²) in [6.45, 7) is 8.15. The van der Waals surface area contributed by atoms with Gasteiger partial charge < -0.3 is 0 Å². The second-order valence-corrected chi connectivity index (χ2v) is 4.60. The Morgan fingerprint density at radius 3 is 2.17 bits per heavy atom. The average Bonchev–Trinajstić information content (AvgIpc) is 1.35. The number of rotatable bonds is 2. The molecule has 0 nitrogen and oxygen atoms in total. The van der Waals surface area contributed by atoms with Crippen LogP contribution in [0, 0.1) is 0 Å². The first-order chi connectivity index (χ1) is 2.77. The van der Waals surface area contributed by atoms with Crippen LogP contribution in [0.2, 0.25) is 5.54 Å². The zero-order valence-electron chi connectivity index (χ0n) is 4.57. The third-order valence-electron chi connectivity index (χ3n) is 0.638. The van der Waals surface area contributed by atoms with Gasteiger partial charge >= 0.3 is 0 Å². The summed E-state index contributed by atoms with van der Waals surface area (Å²) < 4.78 is 0. The van der Waals surface area contributed by atoms with Crippen LogP contribution in [0.3, 0.4) is 0 Å². The van der Waals surface area contributed by atoms with Crippen LogP contribution in [0.5, 0.6) is 0 Å². The van der Waals surface area contributed by atoms with Crippen LogP contribution in [0.1, 0.15) is 13.8 Å². The Hall–Kier alpha value is -0.0431. The molecule has 0 amide bonds. The van der Waals surface area contributed by atoms with E-state index in [4.69, 9.17) is 0 Å². The van der Waals surface area contributed by atoms with Crippen LogP contribution in [0.15, 0.2) is 12.3 Å². The third-order valence-corrected chi connectivity index (χ3v) is 1.91. The Labute approximate surface area is 42.1 Å². The molecule has 0 unspecified atom stereocenters. The number of hydrogen-bond donors (Lipinski definition) is 0. The maximum Gasteiger partial charge on any atom is 0.0471 e. The lowest BCUT2D eigenvalue weighted by molar-refractivity contribution is 1.07. The predicted molar refractivity (Wildman–Crippen MR) is 33.8 cm³/mol. The zero-order chi connectivity index (χ0) is 4.99. The molecule has 0 aromatic heterocycles. The van der Waals surface area contributed by atoms with Gasteiger partial charge in [-0.1, -0.05) is 19.4 Å². The molecular weight excluding hydrogens is 88.1 g/mol. The van der Waals surface area contributed by atoms with Gasteiger partial charge in [-0.2, -0.15) is 0 Å². The van der Waals surface area contributed by atoms with Crippen molar-refractivity contribution in [2.75, 3.05) is 0 Å². The summed E-state index contributed by atoms with van der Waals surface area (Å²) >= 11 is 0. The summed E-state index contributed by atoms with van der Waals surface area (Å²) in [6.07, 6.45) is 0.